The number of benzene rings is 3. The Kier molecular flexibility index (Phi) is 6.67. The fraction of sp³-hybridized carbons (Fsp3) is 0.231. The van der Waals surface area contributed by atoms with Gasteiger partial charge in [-0.05, 0) is 66.4 Å². The summed E-state index contributed by atoms with van der Waals surface area (Å²) in [5.74, 6) is -0.227. The molecule has 0 saturated carbocycles. The van der Waals surface area contributed by atoms with E-state index in [1.165, 1.54) is 21.6 Å². The molecule has 2 heterocycles. The van der Waals surface area contributed by atoms with E-state index >= 15 is 0 Å². The third-order valence-electron chi connectivity index (χ3n) is 6.30. The van der Waals surface area contributed by atoms with Crippen LogP contribution in [0.5, 0.6) is 0 Å². The molecule has 0 unspecified atom stereocenters. The topological polar surface area (TPSA) is 52.7 Å². The Morgan fingerprint density at radius 1 is 0.941 bits per heavy atom. The molecule has 5 nitrogen and oxygen atoms in total. The summed E-state index contributed by atoms with van der Waals surface area (Å²) in [7, 11) is 0. The predicted molar refractivity (Wildman–Crippen MR) is 140 cm³/mol. The fourth-order valence-electron chi connectivity index (χ4n) is 4.68. The molecule has 5 rings (SSSR count). The first-order valence-corrected chi connectivity index (χ1v) is 12.6. The summed E-state index contributed by atoms with van der Waals surface area (Å²) in [6, 6.07) is 20.9. The van der Waals surface area contributed by atoms with Crippen LogP contribution in [0.3, 0.4) is 0 Å². The van der Waals surface area contributed by atoms with Crippen LogP contribution in [0.15, 0.2) is 71.2 Å². The Morgan fingerprint density at radius 3 is 2.38 bits per heavy atom. The number of rotatable bonds is 6. The maximum absolute atomic E-state index is 13.0. The first-order valence-electron chi connectivity index (χ1n) is 11.1. The van der Waals surface area contributed by atoms with E-state index in [9.17, 15) is 9.59 Å². The van der Waals surface area contributed by atoms with Crippen LogP contribution < -0.4 is 10.2 Å². The van der Waals surface area contributed by atoms with Gasteiger partial charge in [0.1, 0.15) is 6.04 Å². The maximum Gasteiger partial charge on any atom is 0.332 e. The minimum atomic E-state index is -0.455. The minimum absolute atomic E-state index is 0.0812. The molecule has 0 radical (unpaired) electrons. The number of fused-ring (bicyclic) bond motifs is 1. The fourth-order valence-corrected chi connectivity index (χ4v) is 5.46. The molecule has 8 heteroatoms. The Labute approximate surface area is 216 Å². The first-order chi connectivity index (χ1) is 16.4. The molecule has 174 valence electrons. The molecule has 1 N–H and O–H groups in total. The number of nitrogens with zero attached hydrogens (tertiary/aromatic N) is 2. The largest absolute Gasteiger partial charge is 0.332 e. The number of hydrogen-bond acceptors (Lipinski definition) is 3. The Hall–Kier alpha value is -2.38. The van der Waals surface area contributed by atoms with Crippen LogP contribution in [0.25, 0.3) is 11.1 Å². The van der Waals surface area contributed by atoms with Gasteiger partial charge in [-0.1, -0.05) is 75.5 Å². The maximum atomic E-state index is 13.0. The molecule has 0 spiro atoms. The zero-order valence-corrected chi connectivity index (χ0v) is 21.3. The van der Waals surface area contributed by atoms with Gasteiger partial charge in [0.15, 0.2) is 0 Å². The van der Waals surface area contributed by atoms with E-state index in [4.69, 9.17) is 23.2 Å². The average molecular weight is 559 g/mol. The van der Waals surface area contributed by atoms with Crippen LogP contribution in [0.1, 0.15) is 12.0 Å². The normalized spacial score (nSPS) is 19.7. The summed E-state index contributed by atoms with van der Waals surface area (Å²) in [5.41, 5.74) is 4.01. The van der Waals surface area contributed by atoms with Gasteiger partial charge in [-0.3, -0.25) is 4.79 Å². The summed E-state index contributed by atoms with van der Waals surface area (Å²) >= 11 is 15.6. The molecule has 3 aromatic rings. The zero-order chi connectivity index (χ0) is 23.8. The molecule has 2 saturated heterocycles. The molecule has 2 atom stereocenters. The molecule has 0 aromatic heterocycles. The van der Waals surface area contributed by atoms with Crippen molar-refractivity contribution in [1.29, 1.82) is 0 Å². The van der Waals surface area contributed by atoms with Gasteiger partial charge in [0.05, 0.1) is 5.69 Å². The lowest BCUT2D eigenvalue weighted by molar-refractivity contribution is -0.119. The monoisotopic (exact) mass is 557 g/mol. The highest BCUT2D eigenvalue weighted by Crippen LogP contribution is 2.34. The second-order valence-electron chi connectivity index (χ2n) is 8.60. The minimum Gasteiger partial charge on any atom is -0.312 e. The van der Waals surface area contributed by atoms with E-state index in [1.54, 1.807) is 23.1 Å². The number of carbonyl (C=O) groups excluding carboxylic acids is 2. The van der Waals surface area contributed by atoms with Crippen molar-refractivity contribution < 1.29 is 9.59 Å². The average Bonchev–Trinajstić information content (AvgIpc) is 3.32. The smallest absolute Gasteiger partial charge is 0.312 e. The van der Waals surface area contributed by atoms with Crippen LogP contribution in [-0.2, 0) is 11.2 Å². The van der Waals surface area contributed by atoms with E-state index in [0.717, 1.165) is 17.4 Å². The second-order valence-corrected chi connectivity index (χ2v) is 10.4. The van der Waals surface area contributed by atoms with Crippen molar-refractivity contribution in [3.8, 4) is 11.1 Å². The van der Waals surface area contributed by atoms with Crippen LogP contribution in [0.4, 0.5) is 10.5 Å². The molecular formula is C26H22BrCl2N3O2. The molecule has 2 aliphatic heterocycles. The highest BCUT2D eigenvalue weighted by atomic mass is 79.9. The Bertz CT molecular complexity index is 1210. The lowest BCUT2D eigenvalue weighted by atomic mass is 10.0. The van der Waals surface area contributed by atoms with Crippen molar-refractivity contribution in [1.82, 2.24) is 10.2 Å². The summed E-state index contributed by atoms with van der Waals surface area (Å²) in [5, 5.41) is 4.30. The van der Waals surface area contributed by atoms with Crippen LogP contribution in [-0.4, -0.2) is 42.0 Å². The zero-order valence-electron chi connectivity index (χ0n) is 18.2. The van der Waals surface area contributed by atoms with Gasteiger partial charge in [-0.25, -0.2) is 9.69 Å². The number of hydrogen-bond donors (Lipinski definition) is 1. The molecule has 3 aromatic carbocycles. The van der Waals surface area contributed by atoms with Gasteiger partial charge in [0.25, 0.3) is 5.91 Å². The van der Waals surface area contributed by atoms with E-state index in [1.807, 2.05) is 12.1 Å². The van der Waals surface area contributed by atoms with Crippen LogP contribution in [0.2, 0.25) is 10.0 Å². The lowest BCUT2D eigenvalue weighted by Crippen LogP contribution is -2.39. The number of anilines is 1. The second kappa shape index (κ2) is 9.70. The predicted octanol–water partition coefficient (Wildman–Crippen LogP) is 6.16. The Balaban J connectivity index is 1.18. The molecule has 0 bridgehead atoms. The molecule has 0 aliphatic carbocycles. The molecule has 2 aliphatic rings. The van der Waals surface area contributed by atoms with Gasteiger partial charge < -0.3 is 10.2 Å². The highest BCUT2D eigenvalue weighted by molar-refractivity contribution is 9.10. The molecular weight excluding hydrogens is 537 g/mol. The first kappa shape index (κ1) is 23.4. The number of urea groups is 1. The van der Waals surface area contributed by atoms with E-state index in [-0.39, 0.29) is 18.0 Å². The van der Waals surface area contributed by atoms with Crippen LogP contribution >= 0.6 is 39.1 Å². The summed E-state index contributed by atoms with van der Waals surface area (Å²) < 4.78 is 1.06. The van der Waals surface area contributed by atoms with Crippen molar-refractivity contribution in [3.05, 3.63) is 86.8 Å². The van der Waals surface area contributed by atoms with Gasteiger partial charge in [0.2, 0.25) is 0 Å². The molecule has 2 fully saturated rings. The summed E-state index contributed by atoms with van der Waals surface area (Å²) in [4.78, 5) is 28.8. The molecule has 34 heavy (non-hydrogen) atoms. The number of imide groups is 1. The van der Waals surface area contributed by atoms with E-state index in [0.29, 0.717) is 28.7 Å². The van der Waals surface area contributed by atoms with Crippen LogP contribution in [0, 0.1) is 0 Å². The Morgan fingerprint density at radius 2 is 1.68 bits per heavy atom. The summed E-state index contributed by atoms with van der Waals surface area (Å²) in [6.07, 6.45) is 1.45. The van der Waals surface area contributed by atoms with Gasteiger partial charge in [0, 0.05) is 27.1 Å². The molecule has 3 amide bonds. The van der Waals surface area contributed by atoms with Crippen molar-refractivity contribution >= 4 is 56.8 Å². The van der Waals surface area contributed by atoms with E-state index in [2.05, 4.69) is 57.6 Å². The SMILES string of the molecule is O=C1[C@@H]2C[C@H](NCCc3cccc(-c4ccc(Br)cc4)c3)CN2C(=O)N1c1cc(Cl)cc(Cl)c1. The van der Waals surface area contributed by atoms with Crippen molar-refractivity contribution in [2.45, 2.75) is 24.9 Å². The van der Waals surface area contributed by atoms with Gasteiger partial charge in [-0.15, -0.1) is 0 Å². The van der Waals surface area contributed by atoms with Gasteiger partial charge >= 0.3 is 6.03 Å². The quantitative estimate of drug-likeness (QED) is 0.368. The van der Waals surface area contributed by atoms with Crippen molar-refractivity contribution in [3.63, 3.8) is 0 Å². The standard InChI is InChI=1S/C26H22BrCl2N3O2/c27-19-6-4-17(5-7-19)18-3-1-2-16(10-18)8-9-30-22-14-24-25(33)32(26(34)31(24)15-22)23-12-20(28)11-21(29)13-23/h1-7,10-13,22,24,30H,8-9,14-15H2/t22-,24-/m0/s1. The van der Waals surface area contributed by atoms with E-state index < -0.39 is 6.04 Å². The van der Waals surface area contributed by atoms with Crippen molar-refractivity contribution in [2.75, 3.05) is 18.0 Å². The highest BCUT2D eigenvalue weighted by Gasteiger charge is 2.51. The van der Waals surface area contributed by atoms with Gasteiger partial charge in [-0.2, -0.15) is 0 Å². The third-order valence-corrected chi connectivity index (χ3v) is 7.27. The number of amides is 3. The lowest BCUT2D eigenvalue weighted by Gasteiger charge is -2.19. The number of nitrogens with one attached hydrogen (secondary N) is 1. The third kappa shape index (κ3) is 4.73. The number of carbonyl (C=O) groups is 2. The number of halogens is 3. The summed E-state index contributed by atoms with van der Waals surface area (Å²) in [6.45, 7) is 1.27. The van der Waals surface area contributed by atoms with Crippen molar-refractivity contribution in [2.24, 2.45) is 0 Å².